The predicted octanol–water partition coefficient (Wildman–Crippen LogP) is 2.23. The van der Waals surface area contributed by atoms with Gasteiger partial charge >= 0.3 is 0 Å². The number of hydrogen-bond donors (Lipinski definition) is 1. The van der Waals surface area contributed by atoms with E-state index in [1.54, 1.807) is 0 Å². The Morgan fingerprint density at radius 2 is 1.79 bits per heavy atom. The summed E-state index contributed by atoms with van der Waals surface area (Å²) < 4.78 is 0. The van der Waals surface area contributed by atoms with Gasteiger partial charge in [0.25, 0.3) is 0 Å². The van der Waals surface area contributed by atoms with Gasteiger partial charge in [-0.1, -0.05) is 0 Å². The van der Waals surface area contributed by atoms with Gasteiger partial charge in [0.2, 0.25) is 0 Å². The van der Waals surface area contributed by atoms with E-state index in [-0.39, 0.29) is 0 Å². The molecular formula is C19H29N5. The van der Waals surface area contributed by atoms with E-state index in [0.29, 0.717) is 17.9 Å². The summed E-state index contributed by atoms with van der Waals surface area (Å²) in [5.74, 6) is 3.48. The van der Waals surface area contributed by atoms with Crippen LogP contribution in [0.5, 0.6) is 0 Å². The third kappa shape index (κ3) is 2.82. The van der Waals surface area contributed by atoms with Crippen LogP contribution in [0.4, 0.5) is 5.82 Å². The lowest BCUT2D eigenvalue weighted by Gasteiger charge is -2.33. The molecule has 5 rings (SSSR count). The lowest BCUT2D eigenvalue weighted by molar-refractivity contribution is 0.273. The Bertz CT molecular complexity index is 608. The van der Waals surface area contributed by atoms with Crippen molar-refractivity contribution >= 4 is 5.82 Å². The van der Waals surface area contributed by atoms with Crippen molar-refractivity contribution in [2.45, 2.75) is 68.9 Å². The zero-order chi connectivity index (χ0) is 16.1. The zero-order valence-corrected chi connectivity index (χ0v) is 14.5. The van der Waals surface area contributed by atoms with Crippen LogP contribution in [0.1, 0.15) is 68.3 Å². The van der Waals surface area contributed by atoms with Gasteiger partial charge in [0, 0.05) is 55.3 Å². The summed E-state index contributed by atoms with van der Waals surface area (Å²) in [6, 6.07) is 3.39. The van der Waals surface area contributed by atoms with Gasteiger partial charge in [0.1, 0.15) is 11.6 Å². The molecule has 2 aliphatic carbocycles. The summed E-state index contributed by atoms with van der Waals surface area (Å²) in [4.78, 5) is 15.2. The van der Waals surface area contributed by atoms with Crippen LogP contribution in [0.15, 0.2) is 6.07 Å². The van der Waals surface area contributed by atoms with Gasteiger partial charge in [0.15, 0.2) is 0 Å². The van der Waals surface area contributed by atoms with E-state index < -0.39 is 0 Å². The molecule has 2 saturated heterocycles. The fourth-order valence-electron chi connectivity index (χ4n) is 4.68. The SMILES string of the molecule is NC1CC(c2cc(N3CCCN4CCC[C@H]4C3)nc(C3CC3)n2)C1. The van der Waals surface area contributed by atoms with Crippen LogP contribution in [-0.2, 0) is 0 Å². The standard InChI is InChI=1S/C19H29N5/c20-15-9-14(10-15)17-11-18(22-19(21-17)13-4-5-13)24-8-2-7-23-6-1-3-16(23)12-24/h11,13-16H,1-10,12,20H2/t14?,15?,16-/m0/s1. The van der Waals surface area contributed by atoms with Crippen molar-refractivity contribution in [1.82, 2.24) is 14.9 Å². The van der Waals surface area contributed by atoms with E-state index in [4.69, 9.17) is 15.7 Å². The maximum absolute atomic E-state index is 6.02. The van der Waals surface area contributed by atoms with Crippen LogP contribution in [-0.4, -0.2) is 53.1 Å². The number of aromatic nitrogens is 2. The Morgan fingerprint density at radius 3 is 2.58 bits per heavy atom. The zero-order valence-electron chi connectivity index (χ0n) is 14.5. The Kier molecular flexibility index (Phi) is 3.74. The minimum Gasteiger partial charge on any atom is -0.355 e. The first-order valence-corrected chi connectivity index (χ1v) is 9.90. The number of anilines is 1. The lowest BCUT2D eigenvalue weighted by atomic mass is 9.78. The van der Waals surface area contributed by atoms with Crippen LogP contribution in [0.25, 0.3) is 0 Å². The molecular weight excluding hydrogens is 298 g/mol. The fourth-order valence-corrected chi connectivity index (χ4v) is 4.68. The monoisotopic (exact) mass is 327 g/mol. The van der Waals surface area contributed by atoms with Crippen molar-refractivity contribution in [2.24, 2.45) is 5.73 Å². The molecule has 130 valence electrons. The molecule has 1 aromatic heterocycles. The molecule has 2 N–H and O–H groups in total. The Morgan fingerprint density at radius 1 is 0.958 bits per heavy atom. The van der Waals surface area contributed by atoms with E-state index in [9.17, 15) is 0 Å². The summed E-state index contributed by atoms with van der Waals surface area (Å²) in [5, 5.41) is 0. The molecule has 5 heteroatoms. The first kappa shape index (κ1) is 15.1. The van der Waals surface area contributed by atoms with Crippen LogP contribution >= 0.6 is 0 Å². The third-order valence-corrected chi connectivity index (χ3v) is 6.41. The van der Waals surface area contributed by atoms with Crippen molar-refractivity contribution in [3.8, 4) is 0 Å². The van der Waals surface area contributed by atoms with Crippen molar-refractivity contribution in [3.05, 3.63) is 17.6 Å². The van der Waals surface area contributed by atoms with Crippen molar-refractivity contribution in [2.75, 3.05) is 31.1 Å². The molecule has 1 aromatic rings. The van der Waals surface area contributed by atoms with Crippen LogP contribution < -0.4 is 10.6 Å². The Labute approximate surface area is 144 Å². The minimum absolute atomic E-state index is 0.378. The smallest absolute Gasteiger partial charge is 0.134 e. The van der Waals surface area contributed by atoms with Crippen molar-refractivity contribution in [1.29, 1.82) is 0 Å². The predicted molar refractivity (Wildman–Crippen MR) is 95.4 cm³/mol. The maximum atomic E-state index is 6.02. The lowest BCUT2D eigenvalue weighted by Crippen LogP contribution is -2.38. The number of nitrogens with zero attached hydrogens (tertiary/aromatic N) is 4. The summed E-state index contributed by atoms with van der Waals surface area (Å²) in [7, 11) is 0. The quantitative estimate of drug-likeness (QED) is 0.922. The van der Waals surface area contributed by atoms with Gasteiger partial charge in [-0.15, -0.1) is 0 Å². The molecule has 1 atom stereocenters. The molecule has 2 saturated carbocycles. The highest BCUT2D eigenvalue weighted by molar-refractivity contribution is 5.42. The van der Waals surface area contributed by atoms with E-state index in [0.717, 1.165) is 37.8 Å². The molecule has 0 aromatic carbocycles. The molecule has 0 amide bonds. The highest BCUT2D eigenvalue weighted by Crippen LogP contribution is 2.41. The van der Waals surface area contributed by atoms with Gasteiger partial charge in [-0.3, -0.25) is 4.90 Å². The number of fused-ring (bicyclic) bond motifs is 1. The topological polar surface area (TPSA) is 58.3 Å². The van der Waals surface area contributed by atoms with Crippen LogP contribution in [0.2, 0.25) is 0 Å². The van der Waals surface area contributed by atoms with Crippen molar-refractivity contribution in [3.63, 3.8) is 0 Å². The van der Waals surface area contributed by atoms with Gasteiger partial charge in [0.05, 0.1) is 0 Å². The van der Waals surface area contributed by atoms with E-state index in [1.807, 2.05) is 0 Å². The molecule has 0 radical (unpaired) electrons. The Hall–Kier alpha value is -1.20. The fraction of sp³-hybridized carbons (Fsp3) is 0.789. The summed E-state index contributed by atoms with van der Waals surface area (Å²) >= 11 is 0. The highest BCUT2D eigenvalue weighted by atomic mass is 15.3. The molecule has 3 heterocycles. The second-order valence-corrected chi connectivity index (χ2v) is 8.34. The molecule has 5 nitrogen and oxygen atoms in total. The summed E-state index contributed by atoms with van der Waals surface area (Å²) in [5.41, 5.74) is 7.28. The molecule has 2 aliphatic heterocycles. The second kappa shape index (κ2) is 5.95. The third-order valence-electron chi connectivity index (χ3n) is 6.41. The number of nitrogens with two attached hydrogens (primary N) is 1. The number of rotatable bonds is 3. The normalized spacial score (nSPS) is 33.9. The summed E-state index contributed by atoms with van der Waals surface area (Å²) in [6.07, 6.45) is 8.69. The first-order chi connectivity index (χ1) is 11.8. The largest absolute Gasteiger partial charge is 0.355 e. The Balaban J connectivity index is 1.43. The minimum atomic E-state index is 0.378. The molecule has 4 fully saturated rings. The first-order valence-electron chi connectivity index (χ1n) is 9.90. The molecule has 24 heavy (non-hydrogen) atoms. The average Bonchev–Trinajstić information content (AvgIpc) is 3.35. The molecule has 0 unspecified atom stereocenters. The average molecular weight is 327 g/mol. The van der Waals surface area contributed by atoms with Gasteiger partial charge in [-0.2, -0.15) is 0 Å². The van der Waals surface area contributed by atoms with Gasteiger partial charge < -0.3 is 10.6 Å². The van der Waals surface area contributed by atoms with Crippen LogP contribution in [0.3, 0.4) is 0 Å². The van der Waals surface area contributed by atoms with Gasteiger partial charge in [-0.25, -0.2) is 9.97 Å². The van der Waals surface area contributed by atoms with E-state index in [1.165, 1.54) is 56.7 Å². The number of hydrogen-bond acceptors (Lipinski definition) is 5. The maximum Gasteiger partial charge on any atom is 0.134 e. The highest BCUT2D eigenvalue weighted by Gasteiger charge is 2.34. The summed E-state index contributed by atoms with van der Waals surface area (Å²) in [6.45, 7) is 4.83. The van der Waals surface area contributed by atoms with E-state index in [2.05, 4.69) is 15.9 Å². The second-order valence-electron chi connectivity index (χ2n) is 8.34. The molecule has 4 aliphatic rings. The van der Waals surface area contributed by atoms with E-state index >= 15 is 0 Å². The van der Waals surface area contributed by atoms with Crippen molar-refractivity contribution < 1.29 is 0 Å². The van der Waals surface area contributed by atoms with Gasteiger partial charge in [-0.05, 0) is 51.5 Å². The molecule has 0 bridgehead atoms. The molecule has 0 spiro atoms. The van der Waals surface area contributed by atoms with Crippen LogP contribution in [0, 0.1) is 0 Å².